The smallest absolute Gasteiger partial charge is 0.190 e. The molecule has 5 heteroatoms. The summed E-state index contributed by atoms with van der Waals surface area (Å²) in [5.74, 6) is -1.79. The van der Waals surface area contributed by atoms with E-state index in [4.69, 9.17) is 23.2 Å². The second kappa shape index (κ2) is 4.36. The van der Waals surface area contributed by atoms with E-state index < -0.39 is 11.9 Å². The van der Waals surface area contributed by atoms with Crippen LogP contribution >= 0.6 is 23.2 Å². The van der Waals surface area contributed by atoms with Crippen molar-refractivity contribution in [3.63, 3.8) is 0 Å². The van der Waals surface area contributed by atoms with Crippen LogP contribution in [-0.4, -0.2) is 4.98 Å². The van der Waals surface area contributed by atoms with Crippen molar-refractivity contribution in [1.29, 1.82) is 0 Å². The Balaban J connectivity index is 2.63. The predicted molar refractivity (Wildman–Crippen MR) is 59.6 cm³/mol. The minimum atomic E-state index is -0.913. The molecule has 1 aromatic carbocycles. The van der Waals surface area contributed by atoms with Gasteiger partial charge in [0.25, 0.3) is 0 Å². The predicted octanol–water partition coefficient (Wildman–Crippen LogP) is 4.33. The van der Waals surface area contributed by atoms with E-state index in [1.165, 1.54) is 6.07 Å². The van der Waals surface area contributed by atoms with Crippen molar-refractivity contribution in [2.24, 2.45) is 0 Å². The summed E-state index contributed by atoms with van der Waals surface area (Å²) in [6.07, 6.45) is 0. The molecule has 2 aromatic rings. The van der Waals surface area contributed by atoms with Crippen LogP contribution in [0.25, 0.3) is 11.1 Å². The SMILES string of the molecule is Fc1ccc(-c2cccc(Cl)c2Cl)c(F)n1. The fraction of sp³-hybridized carbons (Fsp3) is 0. The zero-order valence-corrected chi connectivity index (χ0v) is 9.36. The Bertz CT molecular complexity index is 544. The Morgan fingerprint density at radius 3 is 2.38 bits per heavy atom. The number of pyridine rings is 1. The van der Waals surface area contributed by atoms with Crippen LogP contribution in [0.15, 0.2) is 30.3 Å². The molecule has 0 saturated carbocycles. The minimum Gasteiger partial charge on any atom is -0.190 e. The lowest BCUT2D eigenvalue weighted by Crippen LogP contribution is -1.92. The van der Waals surface area contributed by atoms with Crippen LogP contribution in [-0.2, 0) is 0 Å². The standard InChI is InChI=1S/C11H5Cl2F2N/c12-8-3-1-2-6(10(8)13)7-4-5-9(14)16-11(7)15/h1-5H. The van der Waals surface area contributed by atoms with Crippen molar-refractivity contribution in [3.8, 4) is 11.1 Å². The van der Waals surface area contributed by atoms with Gasteiger partial charge in [-0.15, -0.1) is 0 Å². The van der Waals surface area contributed by atoms with Crippen molar-refractivity contribution in [1.82, 2.24) is 4.98 Å². The second-order valence-electron chi connectivity index (χ2n) is 3.07. The van der Waals surface area contributed by atoms with Crippen molar-refractivity contribution in [2.75, 3.05) is 0 Å². The summed E-state index contributed by atoms with van der Waals surface area (Å²) in [7, 11) is 0. The highest BCUT2D eigenvalue weighted by atomic mass is 35.5. The van der Waals surface area contributed by atoms with Crippen molar-refractivity contribution in [3.05, 3.63) is 52.3 Å². The van der Waals surface area contributed by atoms with E-state index in [1.807, 2.05) is 0 Å². The largest absolute Gasteiger partial charge is 0.223 e. The van der Waals surface area contributed by atoms with Gasteiger partial charge >= 0.3 is 0 Å². The Morgan fingerprint density at radius 1 is 0.938 bits per heavy atom. The van der Waals surface area contributed by atoms with E-state index in [-0.39, 0.29) is 10.6 Å². The van der Waals surface area contributed by atoms with Gasteiger partial charge in [0.2, 0.25) is 11.9 Å². The highest BCUT2D eigenvalue weighted by Gasteiger charge is 2.12. The number of nitrogens with zero attached hydrogens (tertiary/aromatic N) is 1. The molecule has 0 radical (unpaired) electrons. The molecule has 16 heavy (non-hydrogen) atoms. The molecule has 0 unspecified atom stereocenters. The maximum atomic E-state index is 13.4. The van der Waals surface area contributed by atoms with Crippen LogP contribution < -0.4 is 0 Å². The van der Waals surface area contributed by atoms with Crippen LogP contribution in [0, 0.1) is 11.9 Å². The molecule has 0 aliphatic heterocycles. The van der Waals surface area contributed by atoms with E-state index in [0.29, 0.717) is 10.6 Å². The van der Waals surface area contributed by atoms with Gasteiger partial charge in [-0.3, -0.25) is 0 Å². The first kappa shape index (κ1) is 11.3. The summed E-state index contributed by atoms with van der Waals surface area (Å²) in [5.41, 5.74) is 0.507. The third kappa shape index (κ3) is 2.01. The van der Waals surface area contributed by atoms with Gasteiger partial charge in [-0.05, 0) is 18.2 Å². The monoisotopic (exact) mass is 259 g/mol. The molecule has 0 atom stereocenters. The van der Waals surface area contributed by atoms with Gasteiger partial charge in [-0.25, -0.2) is 0 Å². The fourth-order valence-corrected chi connectivity index (χ4v) is 1.73. The fourth-order valence-electron chi connectivity index (χ4n) is 1.32. The Hall–Kier alpha value is -1.19. The summed E-state index contributed by atoms with van der Waals surface area (Å²) in [5, 5.41) is 0.527. The molecule has 0 spiro atoms. The van der Waals surface area contributed by atoms with Crippen LogP contribution in [0.3, 0.4) is 0 Å². The molecule has 0 bridgehead atoms. The highest BCUT2D eigenvalue weighted by Crippen LogP contribution is 2.34. The lowest BCUT2D eigenvalue weighted by atomic mass is 10.1. The summed E-state index contributed by atoms with van der Waals surface area (Å²) in [6, 6.07) is 7.14. The molecule has 0 saturated heterocycles. The Kier molecular flexibility index (Phi) is 3.08. The second-order valence-corrected chi connectivity index (χ2v) is 3.86. The maximum absolute atomic E-state index is 13.4. The number of hydrogen-bond donors (Lipinski definition) is 0. The van der Waals surface area contributed by atoms with Crippen LogP contribution in [0.1, 0.15) is 0 Å². The lowest BCUT2D eigenvalue weighted by molar-refractivity contribution is 0.515. The Morgan fingerprint density at radius 2 is 1.69 bits per heavy atom. The number of hydrogen-bond acceptors (Lipinski definition) is 1. The van der Waals surface area contributed by atoms with Crippen LogP contribution in [0.5, 0.6) is 0 Å². The molecular formula is C11H5Cl2F2N. The third-order valence-electron chi connectivity index (χ3n) is 2.06. The lowest BCUT2D eigenvalue weighted by Gasteiger charge is -2.06. The molecule has 82 valence electrons. The molecule has 0 fully saturated rings. The van der Waals surface area contributed by atoms with E-state index in [0.717, 1.165) is 6.07 Å². The van der Waals surface area contributed by atoms with Crippen molar-refractivity contribution >= 4 is 23.2 Å². The van der Waals surface area contributed by atoms with Gasteiger partial charge in [0.05, 0.1) is 10.0 Å². The van der Waals surface area contributed by atoms with Crippen LogP contribution in [0.2, 0.25) is 10.0 Å². The summed E-state index contributed by atoms with van der Waals surface area (Å²) >= 11 is 11.7. The topological polar surface area (TPSA) is 12.9 Å². The average molecular weight is 260 g/mol. The van der Waals surface area contributed by atoms with E-state index in [9.17, 15) is 8.78 Å². The molecule has 0 aliphatic rings. The van der Waals surface area contributed by atoms with Crippen LogP contribution in [0.4, 0.5) is 8.78 Å². The first-order valence-corrected chi connectivity index (χ1v) is 5.11. The summed E-state index contributed by atoms with van der Waals surface area (Å²) in [4.78, 5) is 3.09. The zero-order chi connectivity index (χ0) is 11.7. The highest BCUT2D eigenvalue weighted by molar-refractivity contribution is 6.43. The van der Waals surface area contributed by atoms with Gasteiger partial charge in [0.1, 0.15) is 0 Å². The molecule has 1 aromatic heterocycles. The number of rotatable bonds is 1. The van der Waals surface area contributed by atoms with Gasteiger partial charge in [0.15, 0.2) is 0 Å². The zero-order valence-electron chi connectivity index (χ0n) is 7.85. The summed E-state index contributed by atoms with van der Waals surface area (Å²) in [6.45, 7) is 0. The first-order valence-electron chi connectivity index (χ1n) is 4.36. The van der Waals surface area contributed by atoms with Gasteiger partial charge in [-0.1, -0.05) is 35.3 Å². The quantitative estimate of drug-likeness (QED) is 0.695. The summed E-state index contributed by atoms with van der Waals surface area (Å²) < 4.78 is 26.0. The van der Waals surface area contributed by atoms with Gasteiger partial charge < -0.3 is 0 Å². The average Bonchev–Trinajstić information content (AvgIpc) is 2.23. The number of benzene rings is 1. The van der Waals surface area contributed by atoms with E-state index >= 15 is 0 Å². The van der Waals surface area contributed by atoms with E-state index in [2.05, 4.69) is 4.98 Å². The van der Waals surface area contributed by atoms with Gasteiger partial charge in [0, 0.05) is 11.1 Å². The molecule has 0 amide bonds. The normalized spacial score (nSPS) is 10.5. The van der Waals surface area contributed by atoms with Crippen molar-refractivity contribution in [2.45, 2.75) is 0 Å². The number of halogens is 4. The first-order chi connectivity index (χ1) is 7.59. The van der Waals surface area contributed by atoms with Gasteiger partial charge in [-0.2, -0.15) is 13.8 Å². The number of aromatic nitrogens is 1. The molecule has 1 heterocycles. The van der Waals surface area contributed by atoms with E-state index in [1.54, 1.807) is 18.2 Å². The maximum Gasteiger partial charge on any atom is 0.223 e. The molecule has 0 N–H and O–H groups in total. The molecule has 2 rings (SSSR count). The Labute approximate surface area is 101 Å². The third-order valence-corrected chi connectivity index (χ3v) is 2.88. The molecular weight excluding hydrogens is 255 g/mol. The molecule has 0 aliphatic carbocycles. The van der Waals surface area contributed by atoms with Crippen molar-refractivity contribution < 1.29 is 8.78 Å². The minimum absolute atomic E-state index is 0.119. The molecule has 1 nitrogen and oxygen atoms in total.